The summed E-state index contributed by atoms with van der Waals surface area (Å²) in [6.07, 6.45) is 8.28. The highest BCUT2D eigenvalue weighted by atomic mass is 28.3. The third-order valence-electron chi connectivity index (χ3n) is 6.82. The third kappa shape index (κ3) is 5.75. The van der Waals surface area contributed by atoms with Gasteiger partial charge >= 0.3 is 0 Å². The van der Waals surface area contributed by atoms with Gasteiger partial charge in [0.2, 0.25) is 0 Å². The molecule has 1 aliphatic carbocycles. The number of halogens is 3. The van der Waals surface area contributed by atoms with E-state index in [4.69, 9.17) is 4.74 Å². The lowest BCUT2D eigenvalue weighted by Crippen LogP contribution is -2.29. The van der Waals surface area contributed by atoms with Crippen LogP contribution in [0, 0.1) is 11.7 Å². The number of hydrogen-bond donors (Lipinski definition) is 0. The molecule has 152 valence electrons. The van der Waals surface area contributed by atoms with Gasteiger partial charge in [-0.3, -0.25) is 0 Å². The normalized spacial score (nSPS) is 29.1. The molecule has 0 atom stereocenters. The van der Waals surface area contributed by atoms with Gasteiger partial charge in [0.1, 0.15) is 6.61 Å². The highest BCUT2D eigenvalue weighted by molar-refractivity contribution is 6.60. The lowest BCUT2D eigenvalue weighted by Gasteiger charge is -2.37. The van der Waals surface area contributed by atoms with E-state index in [1.54, 1.807) is 0 Å². The molecule has 0 N–H and O–H groups in total. The van der Waals surface area contributed by atoms with Crippen molar-refractivity contribution in [2.24, 2.45) is 5.92 Å². The van der Waals surface area contributed by atoms with E-state index in [9.17, 15) is 13.2 Å². The smallest absolute Gasteiger partial charge is 0.272 e. The van der Waals surface area contributed by atoms with Gasteiger partial charge in [0.15, 0.2) is 11.6 Å². The zero-order chi connectivity index (χ0) is 19.2. The molecule has 0 radical (unpaired) electrons. The van der Waals surface area contributed by atoms with Crippen LogP contribution in [0.25, 0.3) is 0 Å². The topological polar surface area (TPSA) is 9.23 Å². The van der Waals surface area contributed by atoms with Gasteiger partial charge in [-0.05, 0) is 47.9 Å². The van der Waals surface area contributed by atoms with E-state index >= 15 is 0 Å². The number of hydrogen-bond acceptors (Lipinski definition) is 1. The molecule has 0 amide bonds. The predicted molar refractivity (Wildman–Crippen MR) is 107 cm³/mol. The number of rotatable bonds is 7. The van der Waals surface area contributed by atoms with Gasteiger partial charge in [-0.2, -0.15) is 0 Å². The molecular weight excluding hydrogens is 365 g/mol. The van der Waals surface area contributed by atoms with E-state index in [-0.39, 0.29) is 5.75 Å². The van der Waals surface area contributed by atoms with E-state index in [2.05, 4.69) is 6.92 Å². The number of benzene rings is 1. The molecule has 0 unspecified atom stereocenters. The number of alkyl halides is 2. The molecule has 1 aliphatic heterocycles. The van der Waals surface area contributed by atoms with E-state index in [1.165, 1.54) is 75.6 Å². The zero-order valence-electron chi connectivity index (χ0n) is 16.4. The monoisotopic (exact) mass is 398 g/mol. The molecular formula is C22H33F3OSi. The third-order valence-corrected chi connectivity index (χ3v) is 11.0. The predicted octanol–water partition coefficient (Wildman–Crippen LogP) is 6.93. The minimum absolute atomic E-state index is 0.0639. The Morgan fingerprint density at radius 1 is 1.07 bits per heavy atom. The first-order chi connectivity index (χ1) is 13.1. The minimum atomic E-state index is -2.58. The molecule has 1 aromatic carbocycles. The molecule has 1 nitrogen and oxygen atoms in total. The second kappa shape index (κ2) is 9.99. The van der Waals surface area contributed by atoms with Crippen molar-refractivity contribution < 1.29 is 17.9 Å². The van der Waals surface area contributed by atoms with Crippen LogP contribution in [-0.2, 0) is 0 Å². The van der Waals surface area contributed by atoms with Gasteiger partial charge in [0.25, 0.3) is 6.43 Å². The first kappa shape index (κ1) is 20.8. The summed E-state index contributed by atoms with van der Waals surface area (Å²) in [6.45, 7) is 1.54. The Morgan fingerprint density at radius 3 is 2.37 bits per heavy atom. The van der Waals surface area contributed by atoms with Gasteiger partial charge in [-0.25, -0.2) is 13.2 Å². The molecule has 1 heterocycles. The minimum Gasteiger partial charge on any atom is -0.485 e. The highest BCUT2D eigenvalue weighted by Gasteiger charge is 2.32. The summed E-state index contributed by atoms with van der Waals surface area (Å²) < 4.78 is 43.5. The van der Waals surface area contributed by atoms with Gasteiger partial charge in [-0.15, -0.1) is 0 Å². The molecule has 3 rings (SSSR count). The van der Waals surface area contributed by atoms with Crippen LogP contribution in [0.1, 0.15) is 69.8 Å². The maximum absolute atomic E-state index is 14.2. The van der Waals surface area contributed by atoms with Crippen LogP contribution >= 0.6 is 0 Å². The average molecular weight is 399 g/mol. The van der Waals surface area contributed by atoms with E-state index in [0.717, 1.165) is 17.0 Å². The average Bonchev–Trinajstić information content (AvgIpc) is 2.68. The Balaban J connectivity index is 1.48. The summed E-state index contributed by atoms with van der Waals surface area (Å²) in [4.78, 5) is 0. The lowest BCUT2D eigenvalue weighted by atomic mass is 9.86. The lowest BCUT2D eigenvalue weighted by molar-refractivity contribution is 0.0799. The largest absolute Gasteiger partial charge is 0.485 e. The van der Waals surface area contributed by atoms with Gasteiger partial charge < -0.3 is 4.74 Å². The maximum atomic E-state index is 14.2. The standard InChI is InChI=1S/C22H33F3OSi/c1-2-3-16-4-7-19(8-5-16)27-12-10-17(11-13-27)18-6-9-21(20(23)14-18)26-15-22(24)25/h6,9,14,16-17,19,22,27H,2-5,7-8,10-13,15H2,1H3. The molecule has 27 heavy (non-hydrogen) atoms. The van der Waals surface area contributed by atoms with Crippen molar-refractivity contribution in [3.63, 3.8) is 0 Å². The van der Waals surface area contributed by atoms with Crippen LogP contribution in [0.4, 0.5) is 13.2 Å². The Bertz CT molecular complexity index is 579. The Labute approximate surface area is 163 Å². The fourth-order valence-electron chi connectivity index (χ4n) is 5.32. The summed E-state index contributed by atoms with van der Waals surface area (Å²) >= 11 is 0. The zero-order valence-corrected chi connectivity index (χ0v) is 17.6. The maximum Gasteiger partial charge on any atom is 0.272 e. The van der Waals surface area contributed by atoms with Crippen molar-refractivity contribution in [3.8, 4) is 5.75 Å². The fourth-order valence-corrected chi connectivity index (χ4v) is 9.54. The Kier molecular flexibility index (Phi) is 7.68. The molecule has 5 heteroatoms. The Morgan fingerprint density at radius 2 is 1.78 bits per heavy atom. The summed E-state index contributed by atoms with van der Waals surface area (Å²) in [5, 5.41) is 0. The molecule has 1 saturated heterocycles. The van der Waals surface area contributed by atoms with Crippen LogP contribution in [0.3, 0.4) is 0 Å². The summed E-state index contributed by atoms with van der Waals surface area (Å²) in [5.41, 5.74) is 2.04. The second-order valence-electron chi connectivity index (χ2n) is 8.57. The van der Waals surface area contributed by atoms with Crippen LogP contribution in [0.5, 0.6) is 5.75 Å². The Hall–Kier alpha value is -0.973. The molecule has 2 aliphatic rings. The van der Waals surface area contributed by atoms with Crippen molar-refractivity contribution in [2.45, 2.75) is 88.3 Å². The van der Waals surface area contributed by atoms with Gasteiger partial charge in [0, 0.05) is 8.80 Å². The molecule has 0 bridgehead atoms. The fraction of sp³-hybridized carbons (Fsp3) is 0.727. The van der Waals surface area contributed by atoms with Crippen molar-refractivity contribution in [3.05, 3.63) is 29.6 Å². The summed E-state index contributed by atoms with van der Waals surface area (Å²) in [5.74, 6) is 0.821. The summed E-state index contributed by atoms with van der Waals surface area (Å²) in [7, 11) is -0.663. The number of ether oxygens (including phenoxy) is 1. The molecule has 1 aromatic rings. The van der Waals surface area contributed by atoms with Crippen LogP contribution in [0.15, 0.2) is 18.2 Å². The van der Waals surface area contributed by atoms with Crippen LogP contribution in [-0.4, -0.2) is 21.8 Å². The van der Waals surface area contributed by atoms with E-state index in [1.807, 2.05) is 6.07 Å². The van der Waals surface area contributed by atoms with Crippen molar-refractivity contribution >= 4 is 8.80 Å². The molecule has 1 saturated carbocycles. The second-order valence-corrected chi connectivity index (χ2v) is 12.2. The quantitative estimate of drug-likeness (QED) is 0.452. The van der Waals surface area contributed by atoms with Crippen LogP contribution in [0.2, 0.25) is 17.6 Å². The van der Waals surface area contributed by atoms with E-state index < -0.39 is 27.6 Å². The first-order valence-electron chi connectivity index (χ1n) is 10.8. The van der Waals surface area contributed by atoms with E-state index in [0.29, 0.717) is 5.92 Å². The molecule has 2 fully saturated rings. The van der Waals surface area contributed by atoms with Gasteiger partial charge in [0.05, 0.1) is 0 Å². The SMILES string of the molecule is CCCC1CCC([SiH]2CCC(c3ccc(OCC(F)F)c(F)c3)CC2)CC1. The highest BCUT2D eigenvalue weighted by Crippen LogP contribution is 2.44. The van der Waals surface area contributed by atoms with Gasteiger partial charge in [-0.1, -0.05) is 63.6 Å². The molecule has 0 spiro atoms. The molecule has 0 aromatic heterocycles. The van der Waals surface area contributed by atoms with Crippen molar-refractivity contribution in [1.29, 1.82) is 0 Å². The van der Waals surface area contributed by atoms with Crippen molar-refractivity contribution in [1.82, 2.24) is 0 Å². The first-order valence-corrected chi connectivity index (χ1v) is 13.1. The summed E-state index contributed by atoms with van der Waals surface area (Å²) in [6, 6.07) is 7.64. The van der Waals surface area contributed by atoms with Crippen molar-refractivity contribution in [2.75, 3.05) is 6.61 Å². The van der Waals surface area contributed by atoms with Crippen LogP contribution < -0.4 is 4.74 Å².